The number of aromatic nitrogens is 1. The van der Waals surface area contributed by atoms with Crippen molar-refractivity contribution in [2.75, 3.05) is 6.54 Å². The molecular formula is C11H17N3S2. The van der Waals surface area contributed by atoms with E-state index in [0.29, 0.717) is 11.2 Å². The molecule has 16 heavy (non-hydrogen) atoms. The van der Waals surface area contributed by atoms with E-state index in [9.17, 15) is 0 Å². The van der Waals surface area contributed by atoms with Crippen molar-refractivity contribution >= 4 is 28.3 Å². The lowest BCUT2D eigenvalue weighted by Crippen LogP contribution is -2.23. The predicted molar refractivity (Wildman–Crippen MR) is 72.2 cm³/mol. The van der Waals surface area contributed by atoms with Gasteiger partial charge in [-0.25, -0.2) is 4.98 Å². The molecule has 2 unspecified atom stereocenters. The van der Waals surface area contributed by atoms with Gasteiger partial charge in [-0.3, -0.25) is 4.99 Å². The molecule has 1 aromatic rings. The molecule has 0 bridgehead atoms. The summed E-state index contributed by atoms with van der Waals surface area (Å²) >= 11 is 3.54. The molecule has 5 heteroatoms. The molecule has 0 fully saturated rings. The van der Waals surface area contributed by atoms with Crippen LogP contribution in [0.5, 0.6) is 0 Å². The molecule has 0 aromatic carbocycles. The molecule has 2 heterocycles. The molecule has 3 nitrogen and oxygen atoms in total. The van der Waals surface area contributed by atoms with Gasteiger partial charge in [-0.1, -0.05) is 25.6 Å². The van der Waals surface area contributed by atoms with E-state index in [2.05, 4.69) is 36.1 Å². The molecule has 0 radical (unpaired) electrons. The van der Waals surface area contributed by atoms with E-state index in [1.165, 1.54) is 0 Å². The normalized spacial score (nSPS) is 22.2. The minimum absolute atomic E-state index is 0.261. The zero-order valence-electron chi connectivity index (χ0n) is 9.80. The average Bonchev–Trinajstić information content (AvgIpc) is 2.87. The van der Waals surface area contributed by atoms with Crippen molar-refractivity contribution in [3.63, 3.8) is 0 Å². The molecule has 0 amide bonds. The Morgan fingerprint density at radius 3 is 2.81 bits per heavy atom. The summed E-state index contributed by atoms with van der Waals surface area (Å²) in [5.74, 6) is 0.684. The van der Waals surface area contributed by atoms with Crippen LogP contribution in [0.3, 0.4) is 0 Å². The Balaban J connectivity index is 1.88. The fourth-order valence-corrected chi connectivity index (χ4v) is 3.26. The van der Waals surface area contributed by atoms with Crippen LogP contribution in [0, 0.1) is 5.92 Å². The Kier molecular flexibility index (Phi) is 3.86. The third-order valence-electron chi connectivity index (χ3n) is 2.58. The molecule has 0 saturated heterocycles. The van der Waals surface area contributed by atoms with Gasteiger partial charge in [-0.2, -0.15) is 0 Å². The van der Waals surface area contributed by atoms with E-state index in [0.717, 1.165) is 16.7 Å². The highest BCUT2D eigenvalue weighted by atomic mass is 32.2. The number of rotatable bonds is 3. The molecule has 0 aliphatic carbocycles. The van der Waals surface area contributed by atoms with Gasteiger partial charge in [0.05, 0.1) is 12.6 Å². The summed E-state index contributed by atoms with van der Waals surface area (Å²) in [4.78, 5) is 8.84. The minimum Gasteiger partial charge on any atom is -0.356 e. The summed E-state index contributed by atoms with van der Waals surface area (Å²) in [6.45, 7) is 7.57. The second-order valence-corrected chi connectivity index (χ2v) is 6.44. The molecule has 1 aliphatic heterocycles. The number of thiazole rings is 1. The second-order valence-electron chi connectivity index (χ2n) is 4.28. The van der Waals surface area contributed by atoms with Gasteiger partial charge >= 0.3 is 0 Å². The van der Waals surface area contributed by atoms with E-state index in [4.69, 9.17) is 0 Å². The number of aliphatic imine (C=N–C) groups is 1. The van der Waals surface area contributed by atoms with Gasteiger partial charge < -0.3 is 5.32 Å². The standard InChI is InChI=1S/C11H17N3S2/c1-7(2)9-6-13-11(16-9)14-8(3)10-12-4-5-15-10/h4-5,7-9H,6H2,1-3H3,(H,13,14). The lowest BCUT2D eigenvalue weighted by Gasteiger charge is -2.14. The molecule has 1 aromatic heterocycles. The molecule has 88 valence electrons. The summed E-state index contributed by atoms with van der Waals surface area (Å²) in [5, 5.41) is 8.26. The van der Waals surface area contributed by atoms with Crippen LogP contribution in [0.25, 0.3) is 0 Å². The number of nitrogens with zero attached hydrogens (tertiary/aromatic N) is 2. The summed E-state index contributed by atoms with van der Waals surface area (Å²) in [6, 6.07) is 0.261. The maximum Gasteiger partial charge on any atom is 0.157 e. The molecule has 0 spiro atoms. The fraction of sp³-hybridized carbons (Fsp3) is 0.636. The number of nitrogens with one attached hydrogen (secondary N) is 1. The van der Waals surface area contributed by atoms with Gasteiger partial charge in [0, 0.05) is 16.8 Å². The summed E-state index contributed by atoms with van der Waals surface area (Å²) in [5.41, 5.74) is 0. The Hall–Kier alpha value is -0.550. The van der Waals surface area contributed by atoms with Crippen molar-refractivity contribution in [3.8, 4) is 0 Å². The molecule has 1 N–H and O–H groups in total. The zero-order chi connectivity index (χ0) is 11.5. The van der Waals surface area contributed by atoms with Crippen LogP contribution in [-0.4, -0.2) is 21.9 Å². The summed E-state index contributed by atoms with van der Waals surface area (Å²) in [7, 11) is 0. The molecule has 2 atom stereocenters. The summed E-state index contributed by atoms with van der Waals surface area (Å²) in [6.07, 6.45) is 1.85. The quantitative estimate of drug-likeness (QED) is 0.902. The van der Waals surface area contributed by atoms with E-state index >= 15 is 0 Å². The van der Waals surface area contributed by atoms with Gasteiger partial charge in [0.1, 0.15) is 5.01 Å². The second kappa shape index (κ2) is 5.19. The number of amidine groups is 1. The van der Waals surface area contributed by atoms with Crippen molar-refractivity contribution < 1.29 is 0 Å². The predicted octanol–water partition coefficient (Wildman–Crippen LogP) is 2.92. The van der Waals surface area contributed by atoms with Crippen LogP contribution in [0.15, 0.2) is 16.6 Å². The smallest absolute Gasteiger partial charge is 0.157 e. The monoisotopic (exact) mass is 255 g/mol. The van der Waals surface area contributed by atoms with Gasteiger partial charge in [0.2, 0.25) is 0 Å². The van der Waals surface area contributed by atoms with Gasteiger partial charge in [0.15, 0.2) is 5.17 Å². The van der Waals surface area contributed by atoms with E-state index in [-0.39, 0.29) is 6.04 Å². The Morgan fingerprint density at radius 2 is 2.25 bits per heavy atom. The highest BCUT2D eigenvalue weighted by Gasteiger charge is 2.23. The van der Waals surface area contributed by atoms with E-state index in [1.54, 1.807) is 11.3 Å². The molecular weight excluding hydrogens is 238 g/mol. The first-order valence-corrected chi connectivity index (χ1v) is 7.29. The number of hydrogen-bond acceptors (Lipinski definition) is 5. The number of thioether (sulfide) groups is 1. The van der Waals surface area contributed by atoms with Crippen molar-refractivity contribution in [2.45, 2.75) is 32.1 Å². The first-order chi connectivity index (χ1) is 7.66. The SMILES string of the molecule is CC(NC1=NCC(C(C)C)S1)c1nccs1. The first-order valence-electron chi connectivity index (χ1n) is 5.54. The van der Waals surface area contributed by atoms with Crippen molar-refractivity contribution in [2.24, 2.45) is 10.9 Å². The van der Waals surface area contributed by atoms with Gasteiger partial charge in [-0.15, -0.1) is 11.3 Å². The molecule has 0 saturated carbocycles. The maximum absolute atomic E-state index is 4.53. The van der Waals surface area contributed by atoms with Crippen molar-refractivity contribution in [3.05, 3.63) is 16.6 Å². The lowest BCUT2D eigenvalue weighted by atomic mass is 10.1. The largest absolute Gasteiger partial charge is 0.356 e. The van der Waals surface area contributed by atoms with Crippen molar-refractivity contribution in [1.29, 1.82) is 0 Å². The third kappa shape index (κ3) is 2.77. The Morgan fingerprint density at radius 1 is 1.44 bits per heavy atom. The highest BCUT2D eigenvalue weighted by molar-refractivity contribution is 8.14. The number of hydrogen-bond donors (Lipinski definition) is 1. The molecule has 1 aliphatic rings. The Bertz CT molecular complexity index is 359. The molecule has 2 rings (SSSR count). The highest BCUT2D eigenvalue weighted by Crippen LogP contribution is 2.27. The van der Waals surface area contributed by atoms with Crippen LogP contribution < -0.4 is 5.32 Å². The summed E-state index contributed by atoms with van der Waals surface area (Å²) < 4.78 is 0. The van der Waals surface area contributed by atoms with Gasteiger partial charge in [-0.05, 0) is 12.8 Å². The van der Waals surface area contributed by atoms with E-state index in [1.807, 2.05) is 23.3 Å². The van der Waals surface area contributed by atoms with Crippen LogP contribution in [0.4, 0.5) is 0 Å². The first kappa shape index (κ1) is 11.9. The van der Waals surface area contributed by atoms with Crippen LogP contribution >= 0.6 is 23.1 Å². The Labute approximate surface area is 105 Å². The van der Waals surface area contributed by atoms with Crippen LogP contribution in [0.1, 0.15) is 31.8 Å². The topological polar surface area (TPSA) is 37.3 Å². The zero-order valence-corrected chi connectivity index (χ0v) is 11.4. The fourth-order valence-electron chi connectivity index (χ4n) is 1.51. The van der Waals surface area contributed by atoms with E-state index < -0.39 is 0 Å². The lowest BCUT2D eigenvalue weighted by molar-refractivity contribution is 0.620. The third-order valence-corrected chi connectivity index (χ3v) is 5.01. The van der Waals surface area contributed by atoms with Crippen LogP contribution in [-0.2, 0) is 0 Å². The average molecular weight is 255 g/mol. The van der Waals surface area contributed by atoms with Gasteiger partial charge in [0.25, 0.3) is 0 Å². The maximum atomic E-state index is 4.53. The van der Waals surface area contributed by atoms with Crippen LogP contribution in [0.2, 0.25) is 0 Å². The van der Waals surface area contributed by atoms with Crippen molar-refractivity contribution in [1.82, 2.24) is 10.3 Å². The minimum atomic E-state index is 0.261.